The number of methoxy groups -OCH3 is 1. The lowest BCUT2D eigenvalue weighted by atomic mass is 10.2. The monoisotopic (exact) mass is 298 g/mol. The van der Waals surface area contributed by atoms with Crippen LogP contribution in [0.3, 0.4) is 0 Å². The molecule has 20 heavy (non-hydrogen) atoms. The molecule has 0 saturated carbocycles. The molecule has 0 unspecified atom stereocenters. The van der Waals surface area contributed by atoms with E-state index in [9.17, 15) is 0 Å². The second-order valence-electron chi connectivity index (χ2n) is 4.53. The van der Waals surface area contributed by atoms with Crippen LogP contribution in [0.5, 0.6) is 0 Å². The first-order valence-corrected chi connectivity index (χ1v) is 8.42. The predicted octanol–water partition coefficient (Wildman–Crippen LogP) is 3.25. The minimum Gasteiger partial charge on any atom is -0.385 e. The summed E-state index contributed by atoms with van der Waals surface area (Å²) in [6, 6.07) is 1.98. The molecule has 2 N–H and O–H groups in total. The van der Waals surface area contributed by atoms with Gasteiger partial charge in [0.2, 0.25) is 0 Å². The predicted molar refractivity (Wildman–Crippen MR) is 86.8 cm³/mol. The summed E-state index contributed by atoms with van der Waals surface area (Å²) in [5.41, 5.74) is 0. The van der Waals surface area contributed by atoms with Gasteiger partial charge in [-0.3, -0.25) is 0 Å². The lowest BCUT2D eigenvalue weighted by molar-refractivity contribution is 0.192. The molecule has 0 amide bonds. The van der Waals surface area contributed by atoms with Gasteiger partial charge < -0.3 is 15.4 Å². The molecular weight excluding hydrogens is 272 g/mol. The van der Waals surface area contributed by atoms with Gasteiger partial charge in [-0.2, -0.15) is 0 Å². The number of nitrogens with zero attached hydrogens (tertiary/aromatic N) is 2. The Kier molecular flexibility index (Phi) is 9.15. The zero-order chi connectivity index (χ0) is 14.6. The lowest BCUT2D eigenvalue weighted by Gasteiger charge is -2.10. The van der Waals surface area contributed by atoms with Crippen molar-refractivity contribution in [3.63, 3.8) is 0 Å². The minimum atomic E-state index is 0.799. The van der Waals surface area contributed by atoms with Crippen molar-refractivity contribution in [2.75, 3.05) is 43.7 Å². The van der Waals surface area contributed by atoms with Crippen LogP contribution in [-0.4, -0.2) is 43.0 Å². The number of aromatic nitrogens is 2. The Morgan fingerprint density at radius 1 is 1.10 bits per heavy atom. The van der Waals surface area contributed by atoms with Gasteiger partial charge in [0.25, 0.3) is 0 Å². The van der Waals surface area contributed by atoms with E-state index in [1.54, 1.807) is 18.9 Å². The van der Waals surface area contributed by atoms with Gasteiger partial charge in [-0.15, -0.1) is 0 Å². The van der Waals surface area contributed by atoms with E-state index in [1.165, 1.54) is 6.42 Å². The summed E-state index contributed by atoms with van der Waals surface area (Å²) in [6.45, 7) is 4.85. The highest BCUT2D eigenvalue weighted by Gasteiger charge is 2.03. The van der Waals surface area contributed by atoms with Crippen molar-refractivity contribution < 1.29 is 4.74 Å². The zero-order valence-electron chi connectivity index (χ0n) is 12.7. The average molecular weight is 298 g/mol. The second-order valence-corrected chi connectivity index (χ2v) is 5.31. The summed E-state index contributed by atoms with van der Waals surface area (Å²) >= 11 is 1.56. The molecule has 1 rings (SSSR count). The highest BCUT2D eigenvalue weighted by molar-refractivity contribution is 7.98. The normalized spacial score (nSPS) is 10.6. The SMILES string of the molecule is CCCNc1cc(NCCCCCOC)nc(SC)n1. The quantitative estimate of drug-likeness (QED) is 0.371. The van der Waals surface area contributed by atoms with Gasteiger partial charge in [-0.25, -0.2) is 9.97 Å². The van der Waals surface area contributed by atoms with Crippen molar-refractivity contribution in [1.29, 1.82) is 0 Å². The number of nitrogens with one attached hydrogen (secondary N) is 2. The van der Waals surface area contributed by atoms with Crippen LogP contribution in [-0.2, 0) is 4.74 Å². The fourth-order valence-corrected chi connectivity index (χ4v) is 2.09. The van der Waals surface area contributed by atoms with E-state index in [-0.39, 0.29) is 0 Å². The molecule has 0 radical (unpaired) electrons. The molecule has 0 atom stereocenters. The Morgan fingerprint density at radius 3 is 2.40 bits per heavy atom. The van der Waals surface area contributed by atoms with Crippen molar-refractivity contribution in [2.45, 2.75) is 37.8 Å². The molecule has 0 bridgehead atoms. The van der Waals surface area contributed by atoms with Crippen LogP contribution in [0.4, 0.5) is 11.6 Å². The van der Waals surface area contributed by atoms with Crippen molar-refractivity contribution in [2.24, 2.45) is 0 Å². The van der Waals surface area contributed by atoms with E-state index in [1.807, 2.05) is 12.3 Å². The molecule has 0 saturated heterocycles. The zero-order valence-corrected chi connectivity index (χ0v) is 13.6. The van der Waals surface area contributed by atoms with Gasteiger partial charge in [0.05, 0.1) is 0 Å². The summed E-state index contributed by atoms with van der Waals surface area (Å²) in [4.78, 5) is 8.91. The van der Waals surface area contributed by atoms with Gasteiger partial charge >= 0.3 is 0 Å². The van der Waals surface area contributed by atoms with Gasteiger partial charge in [0.1, 0.15) is 11.6 Å². The van der Waals surface area contributed by atoms with Gasteiger partial charge in [-0.05, 0) is 31.9 Å². The Morgan fingerprint density at radius 2 is 1.80 bits per heavy atom. The topological polar surface area (TPSA) is 59.1 Å². The van der Waals surface area contributed by atoms with Crippen LogP contribution in [0, 0.1) is 0 Å². The maximum absolute atomic E-state index is 5.04. The van der Waals surface area contributed by atoms with Gasteiger partial charge in [-0.1, -0.05) is 18.7 Å². The third kappa shape index (κ3) is 6.96. The van der Waals surface area contributed by atoms with E-state index in [4.69, 9.17) is 4.74 Å². The lowest BCUT2D eigenvalue weighted by Crippen LogP contribution is -2.08. The third-order valence-electron chi connectivity index (χ3n) is 2.78. The van der Waals surface area contributed by atoms with Crippen LogP contribution in [0.25, 0.3) is 0 Å². The summed E-state index contributed by atoms with van der Waals surface area (Å²) in [5.74, 6) is 1.79. The first-order valence-electron chi connectivity index (χ1n) is 7.20. The number of anilines is 2. The van der Waals surface area contributed by atoms with Gasteiger partial charge in [0.15, 0.2) is 5.16 Å². The van der Waals surface area contributed by atoms with Crippen LogP contribution < -0.4 is 10.6 Å². The van der Waals surface area contributed by atoms with Gasteiger partial charge in [0, 0.05) is 32.9 Å². The molecule has 0 aliphatic rings. The maximum Gasteiger partial charge on any atom is 0.191 e. The van der Waals surface area contributed by atoms with E-state index in [0.717, 1.165) is 55.8 Å². The summed E-state index contributed by atoms with van der Waals surface area (Å²) in [6.07, 6.45) is 6.48. The fourth-order valence-electron chi connectivity index (χ4n) is 1.72. The van der Waals surface area contributed by atoms with Crippen molar-refractivity contribution in [3.8, 4) is 0 Å². The number of thioether (sulfide) groups is 1. The summed E-state index contributed by atoms with van der Waals surface area (Å²) < 4.78 is 5.04. The molecule has 5 nitrogen and oxygen atoms in total. The molecule has 1 heterocycles. The summed E-state index contributed by atoms with van der Waals surface area (Å²) in [7, 11) is 1.74. The third-order valence-corrected chi connectivity index (χ3v) is 3.32. The minimum absolute atomic E-state index is 0.799. The number of hydrogen-bond donors (Lipinski definition) is 2. The average Bonchev–Trinajstić information content (AvgIpc) is 2.48. The molecule has 0 aliphatic heterocycles. The van der Waals surface area contributed by atoms with Crippen molar-refractivity contribution >= 4 is 23.4 Å². The smallest absolute Gasteiger partial charge is 0.191 e. The Hall–Kier alpha value is -1.01. The molecule has 0 aliphatic carbocycles. The van der Waals surface area contributed by atoms with Crippen LogP contribution >= 0.6 is 11.8 Å². The maximum atomic E-state index is 5.04. The standard InChI is InChI=1S/C14H26N4OS/c1-4-8-15-12-11-13(18-14(17-12)20-3)16-9-6-5-7-10-19-2/h11H,4-10H2,1-3H3,(H2,15,16,17,18). The number of hydrogen-bond acceptors (Lipinski definition) is 6. The van der Waals surface area contributed by atoms with E-state index < -0.39 is 0 Å². The molecule has 1 aromatic rings. The van der Waals surface area contributed by atoms with E-state index in [2.05, 4.69) is 27.5 Å². The molecule has 0 spiro atoms. The molecule has 114 valence electrons. The molecule has 0 fully saturated rings. The van der Waals surface area contributed by atoms with E-state index >= 15 is 0 Å². The Balaban J connectivity index is 2.42. The summed E-state index contributed by atoms with van der Waals surface area (Å²) in [5, 5.41) is 7.47. The van der Waals surface area contributed by atoms with Crippen molar-refractivity contribution in [3.05, 3.63) is 6.07 Å². The fraction of sp³-hybridized carbons (Fsp3) is 0.714. The number of unbranched alkanes of at least 4 members (excludes halogenated alkanes) is 2. The number of ether oxygens (including phenoxy) is 1. The van der Waals surface area contributed by atoms with Crippen LogP contribution in [0.15, 0.2) is 11.2 Å². The largest absolute Gasteiger partial charge is 0.385 e. The molecule has 1 aromatic heterocycles. The van der Waals surface area contributed by atoms with Crippen molar-refractivity contribution in [1.82, 2.24) is 9.97 Å². The highest BCUT2D eigenvalue weighted by atomic mass is 32.2. The molecule has 0 aromatic carbocycles. The highest BCUT2D eigenvalue weighted by Crippen LogP contribution is 2.17. The van der Waals surface area contributed by atoms with Crippen LogP contribution in [0.1, 0.15) is 32.6 Å². The number of rotatable bonds is 11. The van der Waals surface area contributed by atoms with Crippen LogP contribution in [0.2, 0.25) is 0 Å². The molecular formula is C14H26N4OS. The Bertz CT molecular complexity index is 376. The van der Waals surface area contributed by atoms with E-state index in [0.29, 0.717) is 0 Å². The Labute approximate surface area is 126 Å². The second kappa shape index (κ2) is 10.7. The molecule has 6 heteroatoms. The first-order chi connectivity index (χ1) is 9.80. The first kappa shape index (κ1) is 17.0.